The highest BCUT2D eigenvalue weighted by Crippen LogP contribution is 1.90. The van der Waals surface area contributed by atoms with Crippen LogP contribution in [0.3, 0.4) is 0 Å². The van der Waals surface area contributed by atoms with Crippen molar-refractivity contribution in [2.24, 2.45) is 5.16 Å². The Balaban J connectivity index is 3.54. The highest BCUT2D eigenvalue weighted by Gasteiger charge is 1.98. The molecular weight excluding hydrogens is 136 g/mol. The van der Waals surface area contributed by atoms with Gasteiger partial charge in [0, 0.05) is 0 Å². The van der Waals surface area contributed by atoms with Gasteiger partial charge in [-0.15, -0.1) is 0 Å². The summed E-state index contributed by atoms with van der Waals surface area (Å²) in [5.41, 5.74) is 0.777. The third kappa shape index (κ3) is 4.25. The fourth-order valence-corrected chi connectivity index (χ4v) is 0.256. The first-order chi connectivity index (χ1) is 4.70. The van der Waals surface area contributed by atoms with E-state index in [1.807, 2.05) is 0 Å². The third-order valence-electron chi connectivity index (χ3n) is 0.588. The Hall–Kier alpha value is -0.650. The van der Waals surface area contributed by atoms with Gasteiger partial charge < -0.3 is 0 Å². The molecule has 0 rings (SSSR count). The van der Waals surface area contributed by atoms with E-state index < -0.39 is 0 Å². The monoisotopic (exact) mass is 148 g/mol. The van der Waals surface area contributed by atoms with Crippen molar-refractivity contribution >= 4 is 5.71 Å². The molecule has 5 heteroatoms. The van der Waals surface area contributed by atoms with Crippen molar-refractivity contribution in [3.63, 3.8) is 0 Å². The molecule has 10 heavy (non-hydrogen) atoms. The molecule has 0 N–H and O–H groups in total. The predicted molar refractivity (Wildman–Crippen MR) is 35.7 cm³/mol. The van der Waals surface area contributed by atoms with E-state index in [-0.39, 0.29) is 0 Å². The first kappa shape index (κ1) is 9.35. The maximum atomic E-state index is 4.58. The van der Waals surface area contributed by atoms with Crippen LogP contribution in [0, 0.1) is 0 Å². The molecule has 0 spiro atoms. The van der Waals surface area contributed by atoms with Crippen LogP contribution in [0.25, 0.3) is 0 Å². The second-order valence-corrected chi connectivity index (χ2v) is 1.71. The van der Waals surface area contributed by atoms with Crippen molar-refractivity contribution < 1.29 is 14.6 Å². The third-order valence-corrected chi connectivity index (χ3v) is 0.588. The van der Waals surface area contributed by atoms with Crippen molar-refractivity contribution in [2.45, 2.75) is 13.8 Å². The van der Waals surface area contributed by atoms with Gasteiger partial charge in [0.15, 0.2) is 5.39 Å². The van der Waals surface area contributed by atoms with Crippen LogP contribution in [0.2, 0.25) is 0 Å². The van der Waals surface area contributed by atoms with Crippen LogP contribution in [0.4, 0.5) is 0 Å². The fourth-order valence-electron chi connectivity index (χ4n) is 0.256. The summed E-state index contributed by atoms with van der Waals surface area (Å²) in [6.07, 6.45) is 0. The van der Waals surface area contributed by atoms with Gasteiger partial charge in [-0.2, -0.15) is 0 Å². The zero-order chi connectivity index (χ0) is 7.98. The Morgan fingerprint density at radius 3 is 2.00 bits per heavy atom. The molecule has 0 saturated heterocycles. The van der Waals surface area contributed by atoms with E-state index in [1.165, 1.54) is 14.2 Å². The second-order valence-electron chi connectivity index (χ2n) is 1.71. The largest absolute Gasteiger partial charge is 0.243 e. The van der Waals surface area contributed by atoms with Crippen LogP contribution in [-0.4, -0.2) is 25.3 Å². The standard InChI is InChI=1S/C5H12N2O3/c1-5(2)6-10-7(8-3)9-4/h1-4H3. The lowest BCUT2D eigenvalue weighted by Crippen LogP contribution is -2.19. The van der Waals surface area contributed by atoms with Gasteiger partial charge in [-0.1, -0.05) is 5.16 Å². The topological polar surface area (TPSA) is 43.3 Å². The molecule has 0 heterocycles. The lowest BCUT2D eigenvalue weighted by molar-refractivity contribution is -0.512. The summed E-state index contributed by atoms with van der Waals surface area (Å²) in [5.74, 6) is 0. The SMILES string of the molecule is CON(OC)ON=C(C)C. The summed E-state index contributed by atoms with van der Waals surface area (Å²) in [5, 5.41) is 4.34. The van der Waals surface area contributed by atoms with Crippen LogP contribution >= 0.6 is 0 Å². The number of oxime groups is 1. The maximum absolute atomic E-state index is 4.58. The zero-order valence-electron chi connectivity index (χ0n) is 6.62. The van der Waals surface area contributed by atoms with Gasteiger partial charge in [-0.05, 0) is 13.8 Å². The van der Waals surface area contributed by atoms with Crippen LogP contribution < -0.4 is 0 Å². The molecule has 0 unspecified atom stereocenters. The Morgan fingerprint density at radius 1 is 1.20 bits per heavy atom. The minimum Gasteiger partial charge on any atom is -0.243 e. The highest BCUT2D eigenvalue weighted by molar-refractivity contribution is 5.78. The molecule has 0 atom stereocenters. The predicted octanol–water partition coefficient (Wildman–Crippen LogP) is 0.739. The van der Waals surface area contributed by atoms with Gasteiger partial charge in [-0.25, -0.2) is 14.6 Å². The minimum atomic E-state index is 0.777. The summed E-state index contributed by atoms with van der Waals surface area (Å²) in [4.78, 5) is 13.6. The van der Waals surface area contributed by atoms with E-state index in [9.17, 15) is 0 Å². The van der Waals surface area contributed by atoms with E-state index in [4.69, 9.17) is 0 Å². The molecular formula is C5H12N2O3. The van der Waals surface area contributed by atoms with Gasteiger partial charge in [0.2, 0.25) is 0 Å². The number of hydrogen-bond acceptors (Lipinski definition) is 5. The molecule has 0 aromatic rings. The molecule has 0 fully saturated rings. The van der Waals surface area contributed by atoms with Gasteiger partial charge in [0.05, 0.1) is 19.9 Å². The van der Waals surface area contributed by atoms with Crippen molar-refractivity contribution in [1.29, 1.82) is 0 Å². The number of rotatable bonds is 4. The van der Waals surface area contributed by atoms with Gasteiger partial charge in [0.25, 0.3) is 0 Å². The molecule has 60 valence electrons. The molecule has 0 aliphatic heterocycles. The van der Waals surface area contributed by atoms with E-state index >= 15 is 0 Å². The summed E-state index contributed by atoms with van der Waals surface area (Å²) < 4.78 is 0. The quantitative estimate of drug-likeness (QED) is 0.435. The molecule has 0 aliphatic carbocycles. The normalized spacial score (nSPS) is 9.70. The van der Waals surface area contributed by atoms with Crippen molar-refractivity contribution in [3.05, 3.63) is 0 Å². The smallest absolute Gasteiger partial charge is 0.151 e. The first-order valence-electron chi connectivity index (χ1n) is 2.77. The molecule has 0 amide bonds. The summed E-state index contributed by atoms with van der Waals surface area (Å²) in [7, 11) is 2.81. The molecule has 5 nitrogen and oxygen atoms in total. The molecule has 0 radical (unpaired) electrons. The summed E-state index contributed by atoms with van der Waals surface area (Å²) in [6, 6.07) is 0. The maximum Gasteiger partial charge on any atom is 0.151 e. The second kappa shape index (κ2) is 5.16. The first-order valence-corrected chi connectivity index (χ1v) is 2.77. The Labute approximate surface area is 60.0 Å². The Bertz CT molecular complexity index is 107. The van der Waals surface area contributed by atoms with E-state index in [1.54, 1.807) is 13.8 Å². The van der Waals surface area contributed by atoms with E-state index in [0.29, 0.717) is 0 Å². The van der Waals surface area contributed by atoms with Crippen LogP contribution in [0.5, 0.6) is 0 Å². The molecule has 0 bridgehead atoms. The number of nitrogens with zero attached hydrogens (tertiary/aromatic N) is 2. The van der Waals surface area contributed by atoms with Crippen LogP contribution in [-0.2, 0) is 14.6 Å². The molecule has 0 aliphatic rings. The van der Waals surface area contributed by atoms with E-state index in [2.05, 4.69) is 19.8 Å². The lowest BCUT2D eigenvalue weighted by Gasteiger charge is -2.10. The zero-order valence-corrected chi connectivity index (χ0v) is 6.62. The Morgan fingerprint density at radius 2 is 1.70 bits per heavy atom. The molecule has 0 aromatic carbocycles. The van der Waals surface area contributed by atoms with E-state index in [0.717, 1.165) is 11.1 Å². The molecule has 0 saturated carbocycles. The van der Waals surface area contributed by atoms with Crippen molar-refractivity contribution in [3.8, 4) is 0 Å². The Kier molecular flexibility index (Phi) is 4.82. The lowest BCUT2D eigenvalue weighted by atomic mass is 10.5. The van der Waals surface area contributed by atoms with Gasteiger partial charge in [0.1, 0.15) is 0 Å². The van der Waals surface area contributed by atoms with Crippen molar-refractivity contribution in [1.82, 2.24) is 5.39 Å². The molecule has 0 aromatic heterocycles. The highest BCUT2D eigenvalue weighted by atomic mass is 17.2. The minimum absolute atomic E-state index is 0.777. The van der Waals surface area contributed by atoms with Gasteiger partial charge in [-0.3, -0.25) is 0 Å². The van der Waals surface area contributed by atoms with Crippen molar-refractivity contribution in [2.75, 3.05) is 14.2 Å². The summed E-state index contributed by atoms with van der Waals surface area (Å²) in [6.45, 7) is 3.59. The average Bonchev–Trinajstić information content (AvgIpc) is 1.90. The van der Waals surface area contributed by atoms with Crippen LogP contribution in [0.1, 0.15) is 13.8 Å². The summed E-state index contributed by atoms with van der Waals surface area (Å²) >= 11 is 0. The van der Waals surface area contributed by atoms with Crippen LogP contribution in [0.15, 0.2) is 5.16 Å². The average molecular weight is 148 g/mol. The number of hydrogen-bond donors (Lipinski definition) is 0. The van der Waals surface area contributed by atoms with Gasteiger partial charge >= 0.3 is 0 Å². The fraction of sp³-hybridized carbons (Fsp3) is 0.800.